The molecule has 0 saturated carbocycles. The Morgan fingerprint density at radius 3 is 2.28 bits per heavy atom. The maximum absolute atomic E-state index is 12.3. The highest BCUT2D eigenvalue weighted by atomic mass is 16.6. The number of hydrogen-bond acceptors (Lipinski definition) is 3. The zero-order chi connectivity index (χ0) is 21.4. The summed E-state index contributed by atoms with van der Waals surface area (Å²) in [5.74, 6) is -0.0859. The molecular formula is C24H32N2O3. The van der Waals surface area contributed by atoms with E-state index in [-0.39, 0.29) is 5.91 Å². The van der Waals surface area contributed by atoms with Gasteiger partial charge < -0.3 is 15.4 Å². The Hall–Kier alpha value is -2.82. The number of benzene rings is 2. The number of amides is 2. The number of carbonyl (C=O) groups is 2. The molecule has 0 aromatic heterocycles. The highest BCUT2D eigenvalue weighted by Crippen LogP contribution is 2.12. The van der Waals surface area contributed by atoms with Crippen molar-refractivity contribution in [3.05, 3.63) is 70.3 Å². The van der Waals surface area contributed by atoms with E-state index in [1.165, 1.54) is 16.7 Å². The molecule has 5 nitrogen and oxygen atoms in total. The lowest BCUT2D eigenvalue weighted by molar-refractivity contribution is 0.0523. The van der Waals surface area contributed by atoms with Gasteiger partial charge in [-0.2, -0.15) is 0 Å². The lowest BCUT2D eigenvalue weighted by atomic mass is 10.0. The number of hydrogen-bond donors (Lipinski definition) is 2. The van der Waals surface area contributed by atoms with Crippen molar-refractivity contribution in [2.45, 2.75) is 59.6 Å². The predicted octanol–water partition coefficient (Wildman–Crippen LogP) is 4.69. The molecule has 2 aromatic rings. The highest BCUT2D eigenvalue weighted by molar-refractivity contribution is 5.94. The second kappa shape index (κ2) is 10.1. The van der Waals surface area contributed by atoms with E-state index in [1.807, 2.05) is 32.9 Å². The Labute approximate surface area is 173 Å². The van der Waals surface area contributed by atoms with Crippen molar-refractivity contribution in [3.8, 4) is 0 Å². The molecule has 0 aliphatic carbocycles. The van der Waals surface area contributed by atoms with Gasteiger partial charge in [-0.25, -0.2) is 4.79 Å². The van der Waals surface area contributed by atoms with Crippen LogP contribution in [0.1, 0.15) is 59.8 Å². The second-order valence-corrected chi connectivity index (χ2v) is 8.34. The van der Waals surface area contributed by atoms with Crippen molar-refractivity contribution in [1.29, 1.82) is 0 Å². The number of alkyl carbamates (subject to hydrolysis) is 1. The molecule has 29 heavy (non-hydrogen) atoms. The first-order chi connectivity index (χ1) is 13.6. The molecule has 0 spiro atoms. The summed E-state index contributed by atoms with van der Waals surface area (Å²) < 4.78 is 5.21. The fourth-order valence-corrected chi connectivity index (χ4v) is 2.97. The Bertz CT molecular complexity index is 836. The third kappa shape index (κ3) is 7.98. The smallest absolute Gasteiger partial charge is 0.407 e. The summed E-state index contributed by atoms with van der Waals surface area (Å²) in [6.45, 7) is 10.7. The summed E-state index contributed by atoms with van der Waals surface area (Å²) in [5.41, 5.74) is 4.88. The van der Waals surface area contributed by atoms with E-state index < -0.39 is 11.7 Å². The van der Waals surface area contributed by atoms with Crippen LogP contribution in [0.2, 0.25) is 0 Å². The topological polar surface area (TPSA) is 67.4 Å². The van der Waals surface area contributed by atoms with Crippen LogP contribution in [0.4, 0.5) is 4.79 Å². The molecule has 0 heterocycles. The molecule has 2 N–H and O–H groups in total. The van der Waals surface area contributed by atoms with Gasteiger partial charge in [-0.1, -0.05) is 35.9 Å². The summed E-state index contributed by atoms with van der Waals surface area (Å²) in [6, 6.07) is 13.7. The normalized spacial score (nSPS) is 11.1. The van der Waals surface area contributed by atoms with Gasteiger partial charge in [0, 0.05) is 18.7 Å². The van der Waals surface area contributed by atoms with Crippen molar-refractivity contribution >= 4 is 12.0 Å². The molecule has 0 saturated heterocycles. The molecular weight excluding hydrogens is 364 g/mol. The monoisotopic (exact) mass is 396 g/mol. The highest BCUT2D eigenvalue weighted by Gasteiger charge is 2.15. The predicted molar refractivity (Wildman–Crippen MR) is 116 cm³/mol. The molecule has 2 amide bonds. The van der Waals surface area contributed by atoms with Gasteiger partial charge in [0.15, 0.2) is 0 Å². The van der Waals surface area contributed by atoms with Gasteiger partial charge in [0.25, 0.3) is 5.91 Å². The van der Waals surface area contributed by atoms with E-state index in [4.69, 9.17) is 4.74 Å². The summed E-state index contributed by atoms with van der Waals surface area (Å²) in [4.78, 5) is 24.0. The van der Waals surface area contributed by atoms with Crippen LogP contribution in [-0.4, -0.2) is 24.1 Å². The fraction of sp³-hybridized carbons (Fsp3) is 0.417. The molecule has 0 radical (unpaired) electrons. The van der Waals surface area contributed by atoms with E-state index in [1.54, 1.807) is 12.1 Å². The number of rotatable bonds is 7. The summed E-state index contributed by atoms with van der Waals surface area (Å²) in [5, 5.41) is 5.67. The standard InChI is InChI=1S/C24H32N2O3/c1-17-8-11-20(18(2)15-17)7-6-14-25-22(27)21-12-9-19(10-13-21)16-26-23(28)29-24(3,4)5/h8-13,15H,6-7,14,16H2,1-5H3,(H,25,27)(H,26,28). The van der Waals surface area contributed by atoms with Gasteiger partial charge in [0.05, 0.1) is 0 Å². The van der Waals surface area contributed by atoms with Crippen LogP contribution < -0.4 is 10.6 Å². The summed E-state index contributed by atoms with van der Waals surface area (Å²) in [6.07, 6.45) is 1.39. The maximum Gasteiger partial charge on any atom is 0.407 e. The van der Waals surface area contributed by atoms with Crippen molar-refractivity contribution in [3.63, 3.8) is 0 Å². The molecule has 0 fully saturated rings. The first-order valence-corrected chi connectivity index (χ1v) is 10.0. The Morgan fingerprint density at radius 2 is 1.66 bits per heavy atom. The SMILES string of the molecule is Cc1ccc(CCCNC(=O)c2ccc(CNC(=O)OC(C)(C)C)cc2)c(C)c1. The van der Waals surface area contributed by atoms with Crippen LogP contribution in [0, 0.1) is 13.8 Å². The van der Waals surface area contributed by atoms with Gasteiger partial charge in [-0.3, -0.25) is 4.79 Å². The van der Waals surface area contributed by atoms with Crippen LogP contribution in [0.25, 0.3) is 0 Å². The van der Waals surface area contributed by atoms with E-state index in [2.05, 4.69) is 42.7 Å². The van der Waals surface area contributed by atoms with Crippen molar-refractivity contribution < 1.29 is 14.3 Å². The summed E-state index contributed by atoms with van der Waals surface area (Å²) in [7, 11) is 0. The first-order valence-electron chi connectivity index (χ1n) is 10.0. The Morgan fingerprint density at radius 1 is 0.966 bits per heavy atom. The Kier molecular flexibility index (Phi) is 7.82. The molecule has 2 aromatic carbocycles. The lowest BCUT2D eigenvalue weighted by Gasteiger charge is -2.19. The van der Waals surface area contributed by atoms with E-state index in [0.29, 0.717) is 18.7 Å². The minimum atomic E-state index is -0.524. The average molecular weight is 397 g/mol. The number of nitrogens with one attached hydrogen (secondary N) is 2. The van der Waals surface area contributed by atoms with Crippen LogP contribution in [0.5, 0.6) is 0 Å². The lowest BCUT2D eigenvalue weighted by Crippen LogP contribution is -2.32. The number of ether oxygens (including phenoxy) is 1. The molecule has 5 heteroatoms. The van der Waals surface area contributed by atoms with Gasteiger partial charge in [0.1, 0.15) is 5.60 Å². The average Bonchev–Trinajstić information content (AvgIpc) is 2.64. The number of carbonyl (C=O) groups excluding carboxylic acids is 2. The zero-order valence-corrected chi connectivity index (χ0v) is 18.1. The van der Waals surface area contributed by atoms with E-state index >= 15 is 0 Å². The van der Waals surface area contributed by atoms with Crippen LogP contribution in [-0.2, 0) is 17.7 Å². The zero-order valence-electron chi connectivity index (χ0n) is 18.1. The van der Waals surface area contributed by atoms with Gasteiger partial charge >= 0.3 is 6.09 Å². The van der Waals surface area contributed by atoms with Gasteiger partial charge in [-0.15, -0.1) is 0 Å². The van der Waals surface area contributed by atoms with E-state index in [9.17, 15) is 9.59 Å². The first kappa shape index (κ1) is 22.5. The minimum Gasteiger partial charge on any atom is -0.444 e. The van der Waals surface area contributed by atoms with Crippen LogP contribution in [0.15, 0.2) is 42.5 Å². The van der Waals surface area contributed by atoms with Crippen LogP contribution >= 0.6 is 0 Å². The van der Waals surface area contributed by atoms with Crippen molar-refractivity contribution in [1.82, 2.24) is 10.6 Å². The molecule has 0 aliphatic heterocycles. The summed E-state index contributed by atoms with van der Waals surface area (Å²) >= 11 is 0. The van der Waals surface area contributed by atoms with Crippen molar-refractivity contribution in [2.75, 3.05) is 6.54 Å². The third-order valence-electron chi connectivity index (χ3n) is 4.46. The van der Waals surface area contributed by atoms with Gasteiger partial charge in [0.2, 0.25) is 0 Å². The van der Waals surface area contributed by atoms with Gasteiger partial charge in [-0.05, 0) is 76.3 Å². The number of aryl methyl sites for hydroxylation is 3. The molecule has 2 rings (SSSR count). The maximum atomic E-state index is 12.3. The molecule has 0 unspecified atom stereocenters. The minimum absolute atomic E-state index is 0.0859. The molecule has 0 aliphatic rings. The van der Waals surface area contributed by atoms with Crippen LogP contribution in [0.3, 0.4) is 0 Å². The molecule has 0 bridgehead atoms. The van der Waals surface area contributed by atoms with Crippen molar-refractivity contribution in [2.24, 2.45) is 0 Å². The third-order valence-corrected chi connectivity index (χ3v) is 4.46. The molecule has 156 valence electrons. The Balaban J connectivity index is 1.74. The largest absolute Gasteiger partial charge is 0.444 e. The molecule has 0 atom stereocenters. The fourth-order valence-electron chi connectivity index (χ4n) is 2.97. The quantitative estimate of drug-likeness (QED) is 0.667. The second-order valence-electron chi connectivity index (χ2n) is 8.34. The van der Waals surface area contributed by atoms with E-state index in [0.717, 1.165) is 18.4 Å².